The van der Waals surface area contributed by atoms with E-state index in [1.165, 1.54) is 0 Å². The van der Waals surface area contributed by atoms with Crippen molar-refractivity contribution in [1.29, 1.82) is 5.26 Å². The Morgan fingerprint density at radius 1 is 1.31 bits per heavy atom. The highest BCUT2D eigenvalue weighted by Crippen LogP contribution is 2.41. The molecule has 2 aromatic heterocycles. The fourth-order valence-electron chi connectivity index (χ4n) is 3.75. The molecule has 0 radical (unpaired) electrons. The molecule has 0 aliphatic carbocycles. The molecule has 1 aliphatic rings. The van der Waals surface area contributed by atoms with Crippen LogP contribution in [0, 0.1) is 11.3 Å². The number of nitriles is 1. The van der Waals surface area contributed by atoms with Crippen LogP contribution in [0.5, 0.6) is 0 Å². The number of hydrogen-bond acceptors (Lipinski definition) is 8. The van der Waals surface area contributed by atoms with Gasteiger partial charge in [0.25, 0.3) is 0 Å². The third-order valence-electron chi connectivity index (χ3n) is 6.07. The van der Waals surface area contributed by atoms with Crippen molar-refractivity contribution >= 4 is 17.5 Å². The summed E-state index contributed by atoms with van der Waals surface area (Å²) in [5.74, 6) is 1.09. The summed E-state index contributed by atoms with van der Waals surface area (Å²) in [6.45, 7) is 6.34. The molecular weight excluding hydrogens is 406 g/mol. The molecule has 0 amide bonds. The van der Waals surface area contributed by atoms with Crippen molar-refractivity contribution in [2.24, 2.45) is 7.05 Å². The molecule has 1 unspecified atom stereocenters. The third kappa shape index (κ3) is 3.68. The lowest BCUT2D eigenvalue weighted by molar-refractivity contribution is 0.214. The van der Waals surface area contributed by atoms with Crippen molar-refractivity contribution in [3.05, 3.63) is 47.3 Å². The molecule has 4 N–H and O–H groups in total. The minimum atomic E-state index is -0.466. The van der Waals surface area contributed by atoms with Gasteiger partial charge in [-0.25, -0.2) is 9.97 Å². The maximum atomic E-state index is 9.93. The zero-order valence-corrected chi connectivity index (χ0v) is 18.6. The van der Waals surface area contributed by atoms with Crippen LogP contribution < -0.4 is 10.6 Å². The van der Waals surface area contributed by atoms with Crippen molar-refractivity contribution < 1.29 is 10.2 Å². The van der Waals surface area contributed by atoms with Crippen molar-refractivity contribution in [2.75, 3.05) is 30.4 Å². The maximum Gasteiger partial charge on any atom is 0.228 e. The number of aliphatic hydroxyl groups excluding tert-OH is 2. The molecule has 1 aliphatic heterocycles. The molecule has 0 saturated heterocycles. The normalized spacial score (nSPS) is 17.5. The first-order chi connectivity index (χ1) is 15.2. The molecule has 4 rings (SSSR count). The molecule has 32 heavy (non-hydrogen) atoms. The second kappa shape index (κ2) is 7.89. The molecule has 0 saturated carbocycles. The van der Waals surface area contributed by atoms with Gasteiger partial charge in [-0.1, -0.05) is 20.8 Å². The molecular formula is C23H27N7O2. The van der Waals surface area contributed by atoms with E-state index in [9.17, 15) is 15.5 Å². The molecule has 0 spiro atoms. The number of hydrogen-bond donors (Lipinski definition) is 4. The average molecular weight is 434 g/mol. The van der Waals surface area contributed by atoms with Gasteiger partial charge in [-0.3, -0.25) is 4.68 Å². The van der Waals surface area contributed by atoms with E-state index in [1.807, 2.05) is 40.0 Å². The Morgan fingerprint density at radius 3 is 2.78 bits per heavy atom. The van der Waals surface area contributed by atoms with Gasteiger partial charge in [-0.15, -0.1) is 0 Å². The van der Waals surface area contributed by atoms with Gasteiger partial charge in [0.15, 0.2) is 0 Å². The minimum absolute atomic E-state index is 0.0173. The lowest BCUT2D eigenvalue weighted by Gasteiger charge is -2.21. The molecule has 3 aromatic rings. The van der Waals surface area contributed by atoms with E-state index >= 15 is 0 Å². The number of fused-ring (bicyclic) bond motifs is 1. The molecule has 1 aromatic carbocycles. The fraction of sp³-hybridized carbons (Fsp3) is 0.391. The summed E-state index contributed by atoms with van der Waals surface area (Å²) in [7, 11) is 1.81. The molecule has 166 valence electrons. The summed E-state index contributed by atoms with van der Waals surface area (Å²) in [6.07, 6.45) is 1.66. The molecule has 0 fully saturated rings. The molecule has 3 heterocycles. The number of benzene rings is 1. The Labute approximate surface area is 186 Å². The highest BCUT2D eigenvalue weighted by Gasteiger charge is 2.36. The van der Waals surface area contributed by atoms with Gasteiger partial charge in [0, 0.05) is 42.2 Å². The lowest BCUT2D eigenvalue weighted by Crippen LogP contribution is -2.28. The Morgan fingerprint density at radius 2 is 2.09 bits per heavy atom. The first-order valence-electron chi connectivity index (χ1n) is 10.4. The predicted molar refractivity (Wildman–Crippen MR) is 122 cm³/mol. The van der Waals surface area contributed by atoms with Gasteiger partial charge >= 0.3 is 0 Å². The third-order valence-corrected chi connectivity index (χ3v) is 6.07. The summed E-state index contributed by atoms with van der Waals surface area (Å²) >= 11 is 0. The number of nitrogens with zero attached hydrogens (tertiary/aromatic N) is 5. The van der Waals surface area contributed by atoms with Crippen molar-refractivity contribution in [3.8, 4) is 17.3 Å². The van der Waals surface area contributed by atoms with Crippen LogP contribution in [0.4, 0.5) is 17.5 Å². The Balaban J connectivity index is 1.70. The highest BCUT2D eigenvalue weighted by atomic mass is 16.3. The van der Waals surface area contributed by atoms with Crippen LogP contribution in [0.15, 0.2) is 30.5 Å². The number of nitrogens with one attached hydrogen (secondary N) is 2. The van der Waals surface area contributed by atoms with Crippen LogP contribution in [0.3, 0.4) is 0 Å². The first-order valence-corrected chi connectivity index (χ1v) is 10.4. The number of rotatable bonds is 6. The van der Waals surface area contributed by atoms with Crippen LogP contribution in [-0.4, -0.2) is 49.7 Å². The van der Waals surface area contributed by atoms with Gasteiger partial charge in [0.2, 0.25) is 5.95 Å². The Hall–Kier alpha value is -3.48. The molecule has 1 atom stereocenters. The van der Waals surface area contributed by atoms with Gasteiger partial charge in [0.1, 0.15) is 11.9 Å². The second-order valence-electron chi connectivity index (χ2n) is 9.10. The van der Waals surface area contributed by atoms with Crippen LogP contribution in [0.1, 0.15) is 37.6 Å². The summed E-state index contributed by atoms with van der Waals surface area (Å²) in [5, 5.41) is 40.1. The first kappa shape index (κ1) is 21.7. The molecule has 9 heteroatoms. The number of aryl methyl sites for hydroxylation is 1. The van der Waals surface area contributed by atoms with Gasteiger partial charge in [-0.2, -0.15) is 10.4 Å². The zero-order chi connectivity index (χ0) is 23.1. The van der Waals surface area contributed by atoms with E-state index in [0.717, 1.165) is 22.5 Å². The Bertz CT molecular complexity index is 1210. The smallest absolute Gasteiger partial charge is 0.228 e. The summed E-state index contributed by atoms with van der Waals surface area (Å²) in [6, 6.07) is 9.68. The topological polar surface area (TPSA) is 132 Å². The monoisotopic (exact) mass is 433 g/mol. The lowest BCUT2D eigenvalue weighted by atomic mass is 9.83. The largest absolute Gasteiger partial charge is 0.395 e. The second-order valence-corrected chi connectivity index (χ2v) is 9.10. The van der Waals surface area contributed by atoms with E-state index in [4.69, 9.17) is 0 Å². The highest BCUT2D eigenvalue weighted by molar-refractivity contribution is 5.76. The average Bonchev–Trinajstić information content (AvgIpc) is 3.34. The zero-order valence-electron chi connectivity index (χ0n) is 18.6. The van der Waals surface area contributed by atoms with Crippen LogP contribution in [-0.2, 0) is 17.9 Å². The van der Waals surface area contributed by atoms with E-state index in [1.54, 1.807) is 23.0 Å². The summed E-state index contributed by atoms with van der Waals surface area (Å²) in [5.41, 5.74) is 3.47. The molecule has 9 nitrogen and oxygen atoms in total. The van der Waals surface area contributed by atoms with Crippen LogP contribution >= 0.6 is 0 Å². The number of anilines is 3. The van der Waals surface area contributed by atoms with Gasteiger partial charge in [-0.05, 0) is 23.8 Å². The SMILES string of the molecule is Cn1nc(C(C)(C)CO)cc1Nc1nccc(-c2cc(C#N)c3c(c2)C(C)(CO)CN3)n1. The molecule has 0 bridgehead atoms. The summed E-state index contributed by atoms with van der Waals surface area (Å²) < 4.78 is 1.68. The summed E-state index contributed by atoms with van der Waals surface area (Å²) in [4.78, 5) is 8.96. The van der Waals surface area contributed by atoms with E-state index in [2.05, 4.69) is 31.8 Å². The van der Waals surface area contributed by atoms with Crippen LogP contribution in [0.25, 0.3) is 11.3 Å². The van der Waals surface area contributed by atoms with E-state index < -0.39 is 10.8 Å². The van der Waals surface area contributed by atoms with Gasteiger partial charge in [0.05, 0.1) is 35.9 Å². The van der Waals surface area contributed by atoms with Crippen molar-refractivity contribution in [3.63, 3.8) is 0 Å². The van der Waals surface area contributed by atoms with Crippen LogP contribution in [0.2, 0.25) is 0 Å². The van der Waals surface area contributed by atoms with Gasteiger partial charge < -0.3 is 20.8 Å². The van der Waals surface area contributed by atoms with Crippen molar-refractivity contribution in [2.45, 2.75) is 31.6 Å². The fourth-order valence-corrected chi connectivity index (χ4v) is 3.75. The van der Waals surface area contributed by atoms with E-state index in [-0.39, 0.29) is 13.2 Å². The predicted octanol–water partition coefficient (Wildman–Crippen LogP) is 2.44. The standard InChI is InChI=1S/C23H27N7O2/c1-22(2,12-31)18-9-19(30(4)29-18)28-21-25-6-5-17(27-21)14-7-15(10-24)20-16(8-14)23(3,13-32)11-26-20/h5-9,26,31-32H,11-13H2,1-4H3,(H,25,27,28). The Kier molecular flexibility index (Phi) is 5.36. The van der Waals surface area contributed by atoms with Crippen molar-refractivity contribution in [1.82, 2.24) is 19.7 Å². The quantitative estimate of drug-likeness (QED) is 0.466. The van der Waals surface area contributed by atoms with E-state index in [0.29, 0.717) is 29.6 Å². The minimum Gasteiger partial charge on any atom is -0.395 e. The maximum absolute atomic E-state index is 9.93. The number of aliphatic hydroxyl groups is 2. The number of aromatic nitrogens is 4.